The van der Waals surface area contributed by atoms with Crippen LogP contribution in [0.25, 0.3) is 11.1 Å². The molecule has 1 fully saturated rings. The Bertz CT molecular complexity index is 1620. The van der Waals surface area contributed by atoms with E-state index >= 15 is 8.78 Å². The molecular weight excluding hydrogens is 636 g/mol. The van der Waals surface area contributed by atoms with Crippen LogP contribution in [0.15, 0.2) is 35.2 Å². The SMILES string of the molecule is COc1ccc(-c2c(Cl)cc(Nc3n[nH]c(N)n3)cc2C(F)(F)F)cc1S(=O)(=O)N(C1CCNCC1)C(F)(F)C(=O)OF. The van der Waals surface area contributed by atoms with E-state index in [1.54, 1.807) is 0 Å². The molecule has 0 unspecified atom stereocenters. The summed E-state index contributed by atoms with van der Waals surface area (Å²) in [4.78, 5) is 17.1. The highest BCUT2D eigenvalue weighted by atomic mass is 35.5. The van der Waals surface area contributed by atoms with Gasteiger partial charge in [-0.1, -0.05) is 17.7 Å². The molecule has 0 spiro atoms. The maximum Gasteiger partial charge on any atom is 0.435 e. The quantitative estimate of drug-likeness (QED) is 0.193. The van der Waals surface area contributed by atoms with Gasteiger partial charge in [-0.25, -0.2) is 23.3 Å². The number of nitrogens with zero attached hydrogens (tertiary/aromatic N) is 3. The fraction of sp³-hybridized carbons (Fsp3) is 0.348. The number of nitrogen functional groups attached to an aromatic ring is 1. The second kappa shape index (κ2) is 12.1. The number of H-pyrrole nitrogens is 1. The first-order chi connectivity index (χ1) is 20.1. The summed E-state index contributed by atoms with van der Waals surface area (Å²) in [7, 11) is -4.51. The average molecular weight is 658 g/mol. The Kier molecular flexibility index (Phi) is 9.00. The summed E-state index contributed by atoms with van der Waals surface area (Å²) in [5.74, 6) is -3.67. The van der Waals surface area contributed by atoms with Gasteiger partial charge in [0, 0.05) is 21.8 Å². The molecule has 43 heavy (non-hydrogen) atoms. The van der Waals surface area contributed by atoms with E-state index in [9.17, 15) is 30.9 Å². The number of methoxy groups -OCH3 is 1. The highest BCUT2D eigenvalue weighted by Gasteiger charge is 2.57. The number of aromatic amines is 1. The van der Waals surface area contributed by atoms with E-state index in [1.165, 1.54) is 0 Å². The fourth-order valence-corrected chi connectivity index (χ4v) is 6.75. The van der Waals surface area contributed by atoms with Crippen LogP contribution in [0.3, 0.4) is 0 Å². The molecule has 1 saturated heterocycles. The monoisotopic (exact) mass is 657 g/mol. The number of nitrogens with two attached hydrogens (primary N) is 1. The number of benzene rings is 2. The fourth-order valence-electron chi connectivity index (χ4n) is 4.55. The van der Waals surface area contributed by atoms with Crippen LogP contribution in [-0.2, 0) is 25.9 Å². The van der Waals surface area contributed by atoms with Gasteiger partial charge in [0.2, 0.25) is 11.9 Å². The lowest BCUT2D eigenvalue weighted by Gasteiger charge is -2.36. The van der Waals surface area contributed by atoms with E-state index in [-0.39, 0.29) is 43.5 Å². The van der Waals surface area contributed by atoms with Crippen molar-refractivity contribution in [1.29, 1.82) is 0 Å². The molecular formula is C23H22ClF6N7O5S. The second-order valence-electron chi connectivity index (χ2n) is 9.10. The number of nitrogens with one attached hydrogen (secondary N) is 3. The Labute approximate surface area is 244 Å². The number of halogens is 7. The van der Waals surface area contributed by atoms with Gasteiger partial charge >= 0.3 is 18.2 Å². The van der Waals surface area contributed by atoms with Crippen molar-refractivity contribution in [3.63, 3.8) is 0 Å². The lowest BCUT2D eigenvalue weighted by molar-refractivity contribution is -0.230. The molecule has 2 aromatic carbocycles. The average Bonchev–Trinajstić information content (AvgIpc) is 3.35. The highest BCUT2D eigenvalue weighted by Crippen LogP contribution is 2.45. The van der Waals surface area contributed by atoms with Crippen molar-refractivity contribution >= 4 is 45.2 Å². The summed E-state index contributed by atoms with van der Waals surface area (Å²) in [6, 6.07) is -2.28. The predicted molar refractivity (Wildman–Crippen MR) is 140 cm³/mol. The maximum atomic E-state index is 15.2. The zero-order chi connectivity index (χ0) is 31.7. The number of sulfonamides is 1. The first-order valence-corrected chi connectivity index (χ1v) is 13.9. The van der Waals surface area contributed by atoms with Gasteiger partial charge in [-0.05, 0) is 55.8 Å². The van der Waals surface area contributed by atoms with Crippen molar-refractivity contribution in [2.75, 3.05) is 31.2 Å². The van der Waals surface area contributed by atoms with Gasteiger partial charge in [-0.15, -0.1) is 9.40 Å². The number of aromatic nitrogens is 3. The Balaban J connectivity index is 1.90. The topological polar surface area (TPSA) is 165 Å². The molecule has 0 aliphatic carbocycles. The predicted octanol–water partition coefficient (Wildman–Crippen LogP) is 4.24. The summed E-state index contributed by atoms with van der Waals surface area (Å²) >= 11 is 6.27. The Morgan fingerprint density at radius 3 is 2.40 bits per heavy atom. The van der Waals surface area contributed by atoms with Crippen LogP contribution in [0.2, 0.25) is 5.02 Å². The van der Waals surface area contributed by atoms with Crippen molar-refractivity contribution in [2.24, 2.45) is 0 Å². The number of hydrogen-bond donors (Lipinski definition) is 4. The molecule has 1 aliphatic rings. The number of carbonyl (C=O) groups is 1. The van der Waals surface area contributed by atoms with Gasteiger partial charge in [0.05, 0.1) is 17.7 Å². The van der Waals surface area contributed by atoms with Crippen molar-refractivity contribution in [2.45, 2.75) is 36.0 Å². The summed E-state index contributed by atoms with van der Waals surface area (Å²) in [6.45, 7) is 0.139. The van der Waals surface area contributed by atoms with E-state index in [1.807, 2.05) is 0 Å². The maximum absolute atomic E-state index is 15.2. The van der Waals surface area contributed by atoms with Crippen LogP contribution in [0.4, 0.5) is 44.1 Å². The molecule has 0 bridgehead atoms. The second-order valence-corrected chi connectivity index (χ2v) is 11.3. The molecule has 234 valence electrons. The van der Waals surface area contributed by atoms with E-state index < -0.39 is 70.9 Å². The standard InChI is InChI=1S/C23H22ClF6N7O5S/c1-41-16-3-2-11(18-14(22(25,26)27)9-12(10-15(18)24)33-21-34-20(31)35-36-21)8-17(16)43(39,40)37(13-4-6-32-7-5-13)23(28,29)19(38)42-30/h2-3,8-10,13,32H,4-7H2,1H3,(H4,31,33,34,35,36). The summed E-state index contributed by atoms with van der Waals surface area (Å²) < 4.78 is 118. The van der Waals surface area contributed by atoms with Crippen LogP contribution < -0.4 is 21.1 Å². The first kappa shape index (κ1) is 32.1. The number of anilines is 3. The minimum Gasteiger partial charge on any atom is -0.495 e. The van der Waals surface area contributed by atoms with Gasteiger partial charge in [-0.3, -0.25) is 0 Å². The third-order valence-corrected chi connectivity index (χ3v) is 8.59. The van der Waals surface area contributed by atoms with Gasteiger partial charge < -0.3 is 21.1 Å². The van der Waals surface area contributed by atoms with Crippen LogP contribution in [0.1, 0.15) is 18.4 Å². The van der Waals surface area contributed by atoms with Crippen molar-refractivity contribution in [3.05, 3.63) is 40.9 Å². The summed E-state index contributed by atoms with van der Waals surface area (Å²) in [6.07, 6.45) is -5.50. The molecule has 3 aromatic rings. The van der Waals surface area contributed by atoms with Gasteiger partial charge in [0.1, 0.15) is 10.6 Å². The van der Waals surface area contributed by atoms with Crippen LogP contribution in [-0.4, -0.2) is 66.2 Å². The molecule has 12 nitrogen and oxygen atoms in total. The molecule has 2 heterocycles. The summed E-state index contributed by atoms with van der Waals surface area (Å²) in [5, 5.41) is 10.7. The molecule has 20 heteroatoms. The van der Waals surface area contributed by atoms with Gasteiger partial charge in [0.25, 0.3) is 10.0 Å². The zero-order valence-electron chi connectivity index (χ0n) is 21.8. The Hall–Kier alpha value is -3.81. The van der Waals surface area contributed by atoms with Gasteiger partial charge in [0.15, 0.2) is 0 Å². The smallest absolute Gasteiger partial charge is 0.435 e. The minimum absolute atomic E-state index is 0.0694. The van der Waals surface area contributed by atoms with Crippen molar-refractivity contribution < 1.29 is 49.4 Å². The van der Waals surface area contributed by atoms with Crippen LogP contribution in [0, 0.1) is 0 Å². The number of ether oxygens (including phenoxy) is 1. The van der Waals surface area contributed by atoms with E-state index in [4.69, 9.17) is 22.1 Å². The van der Waals surface area contributed by atoms with E-state index in [0.717, 1.165) is 25.3 Å². The molecule has 0 radical (unpaired) electrons. The normalized spacial score (nSPS) is 15.0. The molecule has 1 aromatic heterocycles. The summed E-state index contributed by atoms with van der Waals surface area (Å²) in [5.41, 5.74) is 2.68. The largest absolute Gasteiger partial charge is 0.495 e. The molecule has 5 N–H and O–H groups in total. The number of hydrogen-bond acceptors (Lipinski definition) is 10. The molecule has 0 atom stereocenters. The first-order valence-electron chi connectivity index (χ1n) is 12.1. The third-order valence-electron chi connectivity index (χ3n) is 6.38. The number of carbonyl (C=O) groups excluding carboxylic acids is 1. The van der Waals surface area contributed by atoms with E-state index in [0.29, 0.717) is 12.1 Å². The number of piperidine rings is 1. The molecule has 1 aliphatic heterocycles. The lowest BCUT2D eigenvalue weighted by atomic mass is 9.98. The lowest BCUT2D eigenvalue weighted by Crippen LogP contribution is -2.57. The minimum atomic E-state index is -5.50. The third kappa shape index (κ3) is 6.43. The van der Waals surface area contributed by atoms with E-state index in [2.05, 4.69) is 30.8 Å². The van der Waals surface area contributed by atoms with Crippen LogP contribution >= 0.6 is 11.6 Å². The number of alkyl halides is 5. The Morgan fingerprint density at radius 2 is 1.84 bits per heavy atom. The van der Waals surface area contributed by atoms with Crippen molar-refractivity contribution in [3.8, 4) is 16.9 Å². The molecule has 0 saturated carbocycles. The Morgan fingerprint density at radius 1 is 1.16 bits per heavy atom. The zero-order valence-corrected chi connectivity index (χ0v) is 23.4. The molecule has 4 rings (SSSR count). The van der Waals surface area contributed by atoms with Crippen molar-refractivity contribution in [1.82, 2.24) is 24.8 Å². The highest BCUT2D eigenvalue weighted by molar-refractivity contribution is 7.89. The molecule has 0 amide bonds. The van der Waals surface area contributed by atoms with Gasteiger partial charge in [-0.2, -0.15) is 26.9 Å². The van der Waals surface area contributed by atoms with Crippen LogP contribution in [0.5, 0.6) is 5.75 Å². The number of rotatable bonds is 9.